The number of rotatable bonds is 0. The summed E-state index contributed by atoms with van der Waals surface area (Å²) in [6.45, 7) is 4.00. The minimum Gasteiger partial charge on any atom is -0.307 e. The Bertz CT molecular complexity index is 311. The van der Waals surface area contributed by atoms with Gasteiger partial charge < -0.3 is 9.59 Å². The monoisotopic (exact) mass is 234 g/mol. The first-order valence-electron chi connectivity index (χ1n) is 3.65. The van der Waals surface area contributed by atoms with Crippen molar-refractivity contribution in [3.63, 3.8) is 0 Å². The fourth-order valence-electron chi connectivity index (χ4n) is 1.07. The van der Waals surface area contributed by atoms with Gasteiger partial charge in [-0.2, -0.15) is 17.5 Å². The van der Waals surface area contributed by atoms with Crippen molar-refractivity contribution in [1.29, 1.82) is 0 Å². The molecule has 0 heterocycles. The molecule has 0 aliphatic carbocycles. The maximum Gasteiger partial charge on any atom is 0.106 e. The Morgan fingerprint density at radius 3 is 2.07 bits per heavy atom. The molecule has 0 N–H and O–H groups in total. The van der Waals surface area contributed by atoms with E-state index in [9.17, 15) is 0 Å². The van der Waals surface area contributed by atoms with Crippen LogP contribution in [-0.4, -0.2) is 13.6 Å². The summed E-state index contributed by atoms with van der Waals surface area (Å²) in [5.41, 5.74) is 0. The van der Waals surface area contributed by atoms with Crippen molar-refractivity contribution < 1.29 is 26.4 Å². The van der Waals surface area contributed by atoms with E-state index in [4.69, 9.17) is 9.59 Å². The minimum absolute atomic E-state index is 0. The van der Waals surface area contributed by atoms with Crippen molar-refractivity contribution in [2.24, 2.45) is 0 Å². The zero-order valence-corrected chi connectivity index (χ0v) is 8.65. The molecule has 77 valence electrons. The first kappa shape index (κ1) is 15.2. The Labute approximate surface area is 93.5 Å². The largest absolute Gasteiger partial charge is 0.307 e. The fraction of sp³-hybridized carbons (Fsp3) is 0. The van der Waals surface area contributed by atoms with Crippen molar-refractivity contribution in [2.45, 2.75) is 0 Å². The van der Waals surface area contributed by atoms with Gasteiger partial charge in [0.1, 0.15) is 13.6 Å². The van der Waals surface area contributed by atoms with Crippen LogP contribution in [0.4, 0.5) is 0 Å². The molecule has 0 bridgehead atoms. The Morgan fingerprint density at radius 2 is 1.50 bits per heavy atom. The normalized spacial score (nSPS) is 7.14. The summed E-state index contributed by atoms with van der Waals surface area (Å²) in [7, 11) is 0. The molecule has 14 heavy (non-hydrogen) atoms. The minimum atomic E-state index is 0. The van der Waals surface area contributed by atoms with E-state index in [0.717, 1.165) is 0 Å². The van der Waals surface area contributed by atoms with E-state index >= 15 is 0 Å². The third-order valence-corrected chi connectivity index (χ3v) is 1.55. The van der Waals surface area contributed by atoms with E-state index in [-0.39, 0.29) is 16.8 Å². The summed E-state index contributed by atoms with van der Waals surface area (Å²) >= 11 is 0. The van der Waals surface area contributed by atoms with Crippen molar-refractivity contribution in [3.05, 3.63) is 42.5 Å². The number of carbonyl (C=O) groups is 2. The number of benzene rings is 1. The summed E-state index contributed by atoms with van der Waals surface area (Å²) in [5.74, 6) is 0. The number of fused-ring (bicyclic) bond motifs is 1. The van der Waals surface area contributed by atoms with E-state index < -0.39 is 0 Å². The second kappa shape index (κ2) is 9.76. The zero-order valence-electron chi connectivity index (χ0n) is 7.61. The average molecular weight is 234 g/mol. The van der Waals surface area contributed by atoms with Gasteiger partial charge in [-0.05, 0) is 0 Å². The molecule has 2 nitrogen and oxygen atoms in total. The molecule has 1 radical (unpaired) electrons. The van der Waals surface area contributed by atoms with Gasteiger partial charge in [-0.25, -0.2) is 0 Å². The van der Waals surface area contributed by atoms with Gasteiger partial charge in [-0.3, -0.25) is 0 Å². The molecule has 0 fully saturated rings. The zero-order chi connectivity index (χ0) is 10.1. The van der Waals surface area contributed by atoms with Crippen molar-refractivity contribution in [3.8, 4) is 0 Å². The molecule has 0 spiro atoms. The molecule has 2 rings (SSSR count). The summed E-state index contributed by atoms with van der Waals surface area (Å²) < 4.78 is 0. The molecule has 0 aromatic heterocycles. The first-order valence-corrected chi connectivity index (χ1v) is 3.65. The van der Waals surface area contributed by atoms with Gasteiger partial charge in [-0.1, -0.05) is 6.07 Å². The van der Waals surface area contributed by atoms with Crippen LogP contribution in [0.5, 0.6) is 0 Å². The molecule has 0 unspecified atom stereocenters. The van der Waals surface area contributed by atoms with Crippen LogP contribution in [-0.2, 0) is 26.4 Å². The van der Waals surface area contributed by atoms with E-state index in [1.807, 2.05) is 13.6 Å². The summed E-state index contributed by atoms with van der Waals surface area (Å²) in [4.78, 5) is 16.0. The summed E-state index contributed by atoms with van der Waals surface area (Å²) in [5, 5.41) is 2.66. The molecule has 0 aliphatic heterocycles. The molecule has 0 aliphatic rings. The Balaban J connectivity index is 0. The third kappa shape index (κ3) is 4.07. The van der Waals surface area contributed by atoms with Gasteiger partial charge in [0.2, 0.25) is 0 Å². The second-order valence-corrected chi connectivity index (χ2v) is 2.15. The molecule has 2 aromatic rings. The molecule has 0 atom stereocenters. The predicted molar refractivity (Wildman–Crippen MR) is 53.8 cm³/mol. The average Bonchev–Trinajstić information content (AvgIpc) is 2.71. The first-order chi connectivity index (χ1) is 6.47. The SMILES string of the molecule is C=O.C=O.[Co].c1ccc2[cH-]ccc2c1. The van der Waals surface area contributed by atoms with Gasteiger partial charge in [0.15, 0.2) is 0 Å². The van der Waals surface area contributed by atoms with E-state index in [0.29, 0.717) is 0 Å². The molecular weight excluding hydrogens is 223 g/mol. The summed E-state index contributed by atoms with van der Waals surface area (Å²) in [6.07, 6.45) is 0. The van der Waals surface area contributed by atoms with Crippen LogP contribution in [0.1, 0.15) is 0 Å². The van der Waals surface area contributed by atoms with Gasteiger partial charge in [-0.15, -0.1) is 29.7 Å². The molecule has 0 saturated carbocycles. The third-order valence-electron chi connectivity index (χ3n) is 1.55. The quantitative estimate of drug-likeness (QED) is 0.655. The maximum atomic E-state index is 8.00. The molecule has 3 heteroatoms. The molecular formula is C11H11CoO2-. The summed E-state index contributed by atoms with van der Waals surface area (Å²) in [6, 6.07) is 14.7. The molecule has 0 saturated heterocycles. The van der Waals surface area contributed by atoms with Crippen molar-refractivity contribution in [1.82, 2.24) is 0 Å². The van der Waals surface area contributed by atoms with Crippen LogP contribution in [0.2, 0.25) is 0 Å². The second-order valence-electron chi connectivity index (χ2n) is 2.15. The standard InChI is InChI=1S/C9H7.2CH2O.Co/c1-2-5-9-7-3-6-8(9)4-1;2*1-2;/h1-7H;2*1H2;/q-1;;;. The Kier molecular flexibility index (Phi) is 10.6. The van der Waals surface area contributed by atoms with Gasteiger partial charge in [0.25, 0.3) is 0 Å². The Hall–Kier alpha value is -1.32. The van der Waals surface area contributed by atoms with Gasteiger partial charge in [0, 0.05) is 16.8 Å². The molecule has 2 aromatic carbocycles. The van der Waals surface area contributed by atoms with Crippen LogP contribution >= 0.6 is 0 Å². The van der Waals surface area contributed by atoms with Crippen LogP contribution in [0, 0.1) is 0 Å². The van der Waals surface area contributed by atoms with Crippen molar-refractivity contribution in [2.75, 3.05) is 0 Å². The molecule has 0 amide bonds. The number of hydrogen-bond donors (Lipinski definition) is 0. The van der Waals surface area contributed by atoms with Gasteiger partial charge >= 0.3 is 0 Å². The topological polar surface area (TPSA) is 34.1 Å². The van der Waals surface area contributed by atoms with E-state index in [1.165, 1.54) is 10.8 Å². The van der Waals surface area contributed by atoms with Crippen LogP contribution in [0.15, 0.2) is 42.5 Å². The van der Waals surface area contributed by atoms with Gasteiger partial charge in [0.05, 0.1) is 0 Å². The van der Waals surface area contributed by atoms with Crippen LogP contribution in [0.3, 0.4) is 0 Å². The predicted octanol–water partition coefficient (Wildman–Crippen LogP) is 2.19. The Morgan fingerprint density at radius 1 is 0.929 bits per heavy atom. The van der Waals surface area contributed by atoms with E-state index in [1.54, 1.807) is 0 Å². The smallest absolute Gasteiger partial charge is 0.106 e. The van der Waals surface area contributed by atoms with Crippen molar-refractivity contribution >= 4 is 24.4 Å². The van der Waals surface area contributed by atoms with Crippen LogP contribution in [0.25, 0.3) is 10.8 Å². The van der Waals surface area contributed by atoms with Crippen LogP contribution < -0.4 is 0 Å². The van der Waals surface area contributed by atoms with E-state index in [2.05, 4.69) is 42.5 Å². The number of hydrogen-bond acceptors (Lipinski definition) is 2. The number of carbonyl (C=O) groups excluding carboxylic acids is 2. The maximum absolute atomic E-state index is 8.00. The fourth-order valence-corrected chi connectivity index (χ4v) is 1.07.